The maximum Gasteiger partial charge on any atom is 0.250 e. The molecule has 1 fully saturated rings. The number of nitrogens with two attached hydrogens (primary N) is 1. The Morgan fingerprint density at radius 2 is 2.16 bits per heavy atom. The molecule has 19 heavy (non-hydrogen) atoms. The van der Waals surface area contributed by atoms with Gasteiger partial charge in [0.25, 0.3) is 0 Å². The van der Waals surface area contributed by atoms with Gasteiger partial charge in [0.05, 0.1) is 0 Å². The first-order valence-electron chi connectivity index (χ1n) is 6.53. The minimum absolute atomic E-state index is 0.0773. The van der Waals surface area contributed by atoms with Gasteiger partial charge in [0.15, 0.2) is 0 Å². The van der Waals surface area contributed by atoms with Gasteiger partial charge >= 0.3 is 0 Å². The zero-order valence-electron chi connectivity index (χ0n) is 11.1. The van der Waals surface area contributed by atoms with E-state index in [9.17, 15) is 8.42 Å². The zero-order valence-corrected chi connectivity index (χ0v) is 12.8. The van der Waals surface area contributed by atoms with E-state index >= 15 is 0 Å². The number of sulfonamides is 1. The van der Waals surface area contributed by atoms with Gasteiger partial charge in [0.1, 0.15) is 4.21 Å². The molecule has 0 saturated carbocycles. The van der Waals surface area contributed by atoms with Crippen LogP contribution in [0.15, 0.2) is 15.7 Å². The zero-order chi connectivity index (χ0) is 13.9. The van der Waals surface area contributed by atoms with Gasteiger partial charge in [-0.3, -0.25) is 0 Å². The van der Waals surface area contributed by atoms with Crippen molar-refractivity contribution in [2.75, 3.05) is 19.6 Å². The number of nitrogens with zero attached hydrogens (tertiary/aromatic N) is 1. The Kier molecular flexibility index (Phi) is 4.97. The minimum Gasteiger partial charge on any atom is -0.326 e. The van der Waals surface area contributed by atoms with E-state index in [0.717, 1.165) is 25.2 Å². The maximum absolute atomic E-state index is 12.2. The minimum atomic E-state index is -3.40. The molecule has 1 aromatic rings. The van der Waals surface area contributed by atoms with E-state index in [4.69, 9.17) is 5.73 Å². The summed E-state index contributed by atoms with van der Waals surface area (Å²) in [5, 5.41) is 1.79. The van der Waals surface area contributed by atoms with E-state index in [-0.39, 0.29) is 6.04 Å². The topological polar surface area (TPSA) is 75.4 Å². The number of likely N-dealkylation sites (tertiary alicyclic amines) is 1. The van der Waals surface area contributed by atoms with Crippen LogP contribution in [0.5, 0.6) is 0 Å². The molecule has 1 unspecified atom stereocenters. The molecule has 5 nitrogen and oxygen atoms in total. The largest absolute Gasteiger partial charge is 0.326 e. The lowest BCUT2D eigenvalue weighted by atomic mass is 10.3. The van der Waals surface area contributed by atoms with Crippen molar-refractivity contribution in [1.29, 1.82) is 0 Å². The second kappa shape index (κ2) is 6.32. The van der Waals surface area contributed by atoms with Gasteiger partial charge in [0, 0.05) is 19.1 Å². The first-order chi connectivity index (χ1) is 9.01. The summed E-state index contributed by atoms with van der Waals surface area (Å²) < 4.78 is 27.5. The normalized spacial score (nSPS) is 18.8. The van der Waals surface area contributed by atoms with E-state index < -0.39 is 10.0 Å². The average Bonchev–Trinajstić information content (AvgIpc) is 2.97. The van der Waals surface area contributed by atoms with Crippen LogP contribution in [-0.4, -0.2) is 39.0 Å². The Morgan fingerprint density at radius 3 is 2.74 bits per heavy atom. The maximum atomic E-state index is 12.2. The summed E-state index contributed by atoms with van der Waals surface area (Å²) >= 11 is 1.22. The third kappa shape index (κ3) is 4.00. The van der Waals surface area contributed by atoms with E-state index in [1.807, 2.05) is 6.92 Å². The highest BCUT2D eigenvalue weighted by atomic mass is 32.2. The Morgan fingerprint density at radius 1 is 1.47 bits per heavy atom. The molecule has 1 saturated heterocycles. The lowest BCUT2D eigenvalue weighted by Gasteiger charge is -2.20. The molecule has 1 aromatic heterocycles. The third-order valence-electron chi connectivity index (χ3n) is 3.22. The fraction of sp³-hybridized carbons (Fsp3) is 0.667. The van der Waals surface area contributed by atoms with Crippen LogP contribution in [0, 0.1) is 0 Å². The van der Waals surface area contributed by atoms with Gasteiger partial charge in [-0.1, -0.05) is 0 Å². The van der Waals surface area contributed by atoms with E-state index in [1.165, 1.54) is 24.2 Å². The molecule has 1 aliphatic heterocycles. The highest BCUT2D eigenvalue weighted by molar-refractivity contribution is 7.91. The van der Waals surface area contributed by atoms with Crippen LogP contribution in [0.3, 0.4) is 0 Å². The van der Waals surface area contributed by atoms with E-state index in [1.54, 1.807) is 11.4 Å². The van der Waals surface area contributed by atoms with Crippen molar-refractivity contribution in [2.45, 2.75) is 36.6 Å². The highest BCUT2D eigenvalue weighted by Gasteiger charge is 2.21. The van der Waals surface area contributed by atoms with Gasteiger partial charge in [-0.05, 0) is 49.9 Å². The predicted molar refractivity (Wildman–Crippen MR) is 77.7 cm³/mol. The van der Waals surface area contributed by atoms with E-state index in [2.05, 4.69) is 9.62 Å². The van der Waals surface area contributed by atoms with Crippen LogP contribution >= 0.6 is 11.3 Å². The van der Waals surface area contributed by atoms with Crippen molar-refractivity contribution in [3.05, 3.63) is 17.0 Å². The van der Waals surface area contributed by atoms with Gasteiger partial charge in [-0.25, -0.2) is 13.1 Å². The molecule has 0 aliphatic carbocycles. The second-order valence-corrected chi connectivity index (χ2v) is 7.86. The Hall–Kier alpha value is -0.470. The summed E-state index contributed by atoms with van der Waals surface area (Å²) in [6.45, 7) is 5.20. The molecule has 108 valence electrons. The monoisotopic (exact) mass is 303 g/mol. The van der Waals surface area contributed by atoms with Gasteiger partial charge in [-0.15, -0.1) is 11.3 Å². The van der Waals surface area contributed by atoms with E-state index in [0.29, 0.717) is 10.8 Å². The lowest BCUT2D eigenvalue weighted by Crippen LogP contribution is -2.40. The molecule has 3 N–H and O–H groups in total. The van der Waals surface area contributed by atoms with Gasteiger partial charge in [0.2, 0.25) is 10.0 Å². The fourth-order valence-electron chi connectivity index (χ4n) is 2.31. The third-order valence-corrected chi connectivity index (χ3v) is 6.30. The molecule has 1 aliphatic rings. The molecular formula is C12H21N3O2S2. The van der Waals surface area contributed by atoms with Crippen molar-refractivity contribution in [3.63, 3.8) is 0 Å². The van der Waals surface area contributed by atoms with Crippen LogP contribution in [0.2, 0.25) is 0 Å². The summed E-state index contributed by atoms with van der Waals surface area (Å²) in [5.74, 6) is 0. The van der Waals surface area contributed by atoms with Crippen molar-refractivity contribution in [1.82, 2.24) is 9.62 Å². The summed E-state index contributed by atoms with van der Waals surface area (Å²) in [7, 11) is -3.40. The van der Waals surface area contributed by atoms with Crippen molar-refractivity contribution in [3.8, 4) is 0 Å². The molecule has 0 amide bonds. The SMILES string of the molecule is CC(CN1CCCC1)NS(=O)(=O)c1cc(CN)cs1. The number of thiophene rings is 1. The standard InChI is InChI=1S/C12H21N3O2S2/c1-10(8-15-4-2-3-5-15)14-19(16,17)12-6-11(7-13)9-18-12/h6,9-10,14H,2-5,7-8,13H2,1H3. The smallest absolute Gasteiger partial charge is 0.250 e. The van der Waals surface area contributed by atoms with Crippen LogP contribution in [0.25, 0.3) is 0 Å². The number of nitrogens with one attached hydrogen (secondary N) is 1. The molecule has 2 heterocycles. The quantitative estimate of drug-likeness (QED) is 0.821. The molecule has 7 heteroatoms. The van der Waals surface area contributed by atoms with Crippen LogP contribution < -0.4 is 10.5 Å². The Balaban J connectivity index is 1.95. The Bertz CT molecular complexity index is 507. The van der Waals surface area contributed by atoms with Gasteiger partial charge < -0.3 is 10.6 Å². The molecule has 2 rings (SSSR count). The van der Waals surface area contributed by atoms with Gasteiger partial charge in [-0.2, -0.15) is 0 Å². The summed E-state index contributed by atoms with van der Waals surface area (Å²) in [4.78, 5) is 2.30. The Labute approximate surface area is 118 Å². The predicted octanol–water partition coefficient (Wildman–Crippen LogP) is 0.969. The summed E-state index contributed by atoms with van der Waals surface area (Å²) in [6.07, 6.45) is 2.43. The van der Waals surface area contributed by atoms with Crippen LogP contribution in [-0.2, 0) is 16.6 Å². The van der Waals surface area contributed by atoms with Crippen molar-refractivity contribution in [2.24, 2.45) is 5.73 Å². The van der Waals surface area contributed by atoms with Crippen LogP contribution in [0.4, 0.5) is 0 Å². The molecule has 0 aromatic carbocycles. The lowest BCUT2D eigenvalue weighted by molar-refractivity contribution is 0.313. The van der Waals surface area contributed by atoms with Crippen molar-refractivity contribution >= 4 is 21.4 Å². The van der Waals surface area contributed by atoms with Crippen molar-refractivity contribution < 1.29 is 8.42 Å². The number of hydrogen-bond acceptors (Lipinski definition) is 5. The molecular weight excluding hydrogens is 282 g/mol. The molecule has 0 spiro atoms. The molecule has 0 bridgehead atoms. The summed E-state index contributed by atoms with van der Waals surface area (Å²) in [6, 6.07) is 1.57. The second-order valence-electron chi connectivity index (χ2n) is 5.01. The fourth-order valence-corrected chi connectivity index (χ4v) is 4.79. The molecule has 1 atom stereocenters. The first-order valence-corrected chi connectivity index (χ1v) is 8.90. The molecule has 0 radical (unpaired) electrons. The number of rotatable bonds is 6. The first kappa shape index (κ1) is 14.9. The van der Waals surface area contributed by atoms with Crippen LogP contribution in [0.1, 0.15) is 25.3 Å². The highest BCUT2D eigenvalue weighted by Crippen LogP contribution is 2.20. The number of hydrogen-bond donors (Lipinski definition) is 2. The average molecular weight is 303 g/mol. The summed E-state index contributed by atoms with van der Waals surface area (Å²) in [5.41, 5.74) is 6.36.